The van der Waals surface area contributed by atoms with Gasteiger partial charge in [0, 0.05) is 13.6 Å². The van der Waals surface area contributed by atoms with Crippen LogP contribution >= 0.6 is 0 Å². The first kappa shape index (κ1) is 12.2. The van der Waals surface area contributed by atoms with Gasteiger partial charge in [0.15, 0.2) is 0 Å². The minimum absolute atomic E-state index is 0.389. The number of rotatable bonds is 4. The summed E-state index contributed by atoms with van der Waals surface area (Å²) in [5, 5.41) is 0. The molecular formula is C12H15F3N2. The molecular weight excluding hydrogens is 229 g/mol. The Morgan fingerprint density at radius 3 is 2.65 bits per heavy atom. The summed E-state index contributed by atoms with van der Waals surface area (Å²) in [6.45, 7) is 0.763. The van der Waals surface area contributed by atoms with Gasteiger partial charge in [-0.15, -0.1) is 0 Å². The van der Waals surface area contributed by atoms with Crippen LogP contribution in [-0.4, -0.2) is 18.6 Å². The van der Waals surface area contributed by atoms with E-state index in [2.05, 4.69) is 4.98 Å². The minimum atomic E-state index is -4.37. The van der Waals surface area contributed by atoms with E-state index in [1.807, 2.05) is 0 Å². The van der Waals surface area contributed by atoms with Gasteiger partial charge in [-0.2, -0.15) is 13.2 Å². The normalized spacial score (nSPS) is 16.0. The molecule has 2 rings (SSSR count). The van der Waals surface area contributed by atoms with Crippen molar-refractivity contribution in [1.82, 2.24) is 4.98 Å². The topological polar surface area (TPSA) is 16.1 Å². The fourth-order valence-corrected chi connectivity index (χ4v) is 1.69. The first-order chi connectivity index (χ1) is 7.97. The molecule has 1 heterocycles. The summed E-state index contributed by atoms with van der Waals surface area (Å²) in [6.07, 6.45) is -0.824. The molecule has 0 unspecified atom stereocenters. The molecule has 0 N–H and O–H groups in total. The summed E-state index contributed by atoms with van der Waals surface area (Å²) in [5.41, 5.74) is -0.826. The molecule has 0 aliphatic heterocycles. The lowest BCUT2D eigenvalue weighted by atomic mass is 10.2. The van der Waals surface area contributed by atoms with Crippen LogP contribution in [0.5, 0.6) is 0 Å². The van der Waals surface area contributed by atoms with Gasteiger partial charge in [0.25, 0.3) is 0 Å². The summed E-state index contributed by atoms with van der Waals surface area (Å²) in [7, 11) is 1.78. The van der Waals surface area contributed by atoms with Crippen molar-refractivity contribution in [3.05, 3.63) is 23.9 Å². The lowest BCUT2D eigenvalue weighted by Crippen LogP contribution is -2.21. The van der Waals surface area contributed by atoms with Crippen LogP contribution in [0.15, 0.2) is 18.2 Å². The van der Waals surface area contributed by atoms with Gasteiger partial charge in [0.2, 0.25) is 0 Å². The number of hydrogen-bond acceptors (Lipinski definition) is 2. The second kappa shape index (κ2) is 4.55. The zero-order chi connectivity index (χ0) is 12.5. The highest BCUT2D eigenvalue weighted by Gasteiger charge is 2.32. The van der Waals surface area contributed by atoms with E-state index in [-0.39, 0.29) is 0 Å². The Bertz CT molecular complexity index is 386. The van der Waals surface area contributed by atoms with Crippen molar-refractivity contribution in [2.45, 2.75) is 25.4 Å². The van der Waals surface area contributed by atoms with Crippen LogP contribution in [-0.2, 0) is 6.18 Å². The average molecular weight is 244 g/mol. The maximum Gasteiger partial charge on any atom is 0.433 e. The van der Waals surface area contributed by atoms with E-state index >= 15 is 0 Å². The molecule has 0 aromatic carbocycles. The average Bonchev–Trinajstić information content (AvgIpc) is 3.09. The van der Waals surface area contributed by atoms with E-state index < -0.39 is 11.9 Å². The van der Waals surface area contributed by atoms with E-state index in [4.69, 9.17) is 0 Å². The summed E-state index contributed by atoms with van der Waals surface area (Å²) in [4.78, 5) is 5.43. The highest BCUT2D eigenvalue weighted by Crippen LogP contribution is 2.33. The summed E-state index contributed by atoms with van der Waals surface area (Å²) >= 11 is 0. The molecule has 0 radical (unpaired) electrons. The number of aromatic nitrogens is 1. The fraction of sp³-hybridized carbons (Fsp3) is 0.583. The third-order valence-electron chi connectivity index (χ3n) is 2.99. The van der Waals surface area contributed by atoms with Crippen molar-refractivity contribution in [2.24, 2.45) is 5.92 Å². The van der Waals surface area contributed by atoms with Gasteiger partial charge in [-0.05, 0) is 24.5 Å². The highest BCUT2D eigenvalue weighted by atomic mass is 19.4. The third kappa shape index (κ3) is 3.35. The molecule has 0 amide bonds. The van der Waals surface area contributed by atoms with Gasteiger partial charge in [-0.3, -0.25) is 0 Å². The number of pyridine rings is 1. The van der Waals surface area contributed by atoms with E-state index in [0.29, 0.717) is 5.82 Å². The molecule has 94 valence electrons. The van der Waals surface area contributed by atoms with E-state index in [1.54, 1.807) is 18.0 Å². The molecule has 1 aliphatic carbocycles. The standard InChI is InChI=1S/C12H15F3N2/c1-17(8-7-9-5-6-9)11-4-2-3-10(16-11)12(13,14)15/h2-4,9H,5-8H2,1H3. The number of alkyl halides is 3. The highest BCUT2D eigenvalue weighted by molar-refractivity contribution is 5.38. The second-order valence-corrected chi connectivity index (χ2v) is 4.53. The molecule has 0 atom stereocenters. The molecule has 1 aromatic heterocycles. The zero-order valence-corrected chi connectivity index (χ0v) is 9.67. The number of anilines is 1. The first-order valence-electron chi connectivity index (χ1n) is 5.72. The first-order valence-corrected chi connectivity index (χ1v) is 5.72. The molecule has 0 bridgehead atoms. The lowest BCUT2D eigenvalue weighted by Gasteiger charge is -2.19. The van der Waals surface area contributed by atoms with Gasteiger partial charge >= 0.3 is 6.18 Å². The maximum atomic E-state index is 12.5. The van der Waals surface area contributed by atoms with Crippen LogP contribution in [0, 0.1) is 5.92 Å². The Balaban J connectivity index is 2.03. The Morgan fingerprint density at radius 2 is 2.06 bits per heavy atom. The predicted octanol–water partition coefficient (Wildman–Crippen LogP) is 3.34. The van der Waals surface area contributed by atoms with Gasteiger partial charge < -0.3 is 4.90 Å². The van der Waals surface area contributed by atoms with Crippen molar-refractivity contribution in [3.63, 3.8) is 0 Å². The van der Waals surface area contributed by atoms with Crippen LogP contribution in [0.4, 0.5) is 19.0 Å². The molecule has 1 aromatic rings. The van der Waals surface area contributed by atoms with Gasteiger partial charge in [-0.25, -0.2) is 4.98 Å². The predicted molar refractivity (Wildman–Crippen MR) is 59.9 cm³/mol. The number of hydrogen-bond donors (Lipinski definition) is 0. The monoisotopic (exact) mass is 244 g/mol. The van der Waals surface area contributed by atoms with Crippen LogP contribution in [0.3, 0.4) is 0 Å². The summed E-state index contributed by atoms with van der Waals surface area (Å²) in [6, 6.07) is 4.01. The molecule has 17 heavy (non-hydrogen) atoms. The molecule has 1 aliphatic rings. The SMILES string of the molecule is CN(CCC1CC1)c1cccc(C(F)(F)F)n1. The fourth-order valence-electron chi connectivity index (χ4n) is 1.69. The Hall–Kier alpha value is -1.26. The van der Waals surface area contributed by atoms with Crippen molar-refractivity contribution < 1.29 is 13.2 Å². The van der Waals surface area contributed by atoms with Crippen molar-refractivity contribution >= 4 is 5.82 Å². The second-order valence-electron chi connectivity index (χ2n) is 4.53. The largest absolute Gasteiger partial charge is 0.433 e. The Morgan fingerprint density at radius 1 is 1.35 bits per heavy atom. The van der Waals surface area contributed by atoms with Gasteiger partial charge in [0.1, 0.15) is 11.5 Å². The minimum Gasteiger partial charge on any atom is -0.360 e. The molecule has 0 saturated heterocycles. The third-order valence-corrected chi connectivity index (χ3v) is 2.99. The van der Waals surface area contributed by atoms with Crippen molar-refractivity contribution in [1.29, 1.82) is 0 Å². The molecule has 0 spiro atoms. The van der Waals surface area contributed by atoms with E-state index in [9.17, 15) is 13.2 Å². The summed E-state index contributed by atoms with van der Waals surface area (Å²) < 4.78 is 37.4. The molecule has 5 heteroatoms. The van der Waals surface area contributed by atoms with Crippen LogP contribution in [0.1, 0.15) is 25.0 Å². The van der Waals surface area contributed by atoms with E-state index in [0.717, 1.165) is 24.9 Å². The van der Waals surface area contributed by atoms with Crippen LogP contribution in [0.25, 0.3) is 0 Å². The smallest absolute Gasteiger partial charge is 0.360 e. The molecule has 2 nitrogen and oxygen atoms in total. The number of nitrogens with zero attached hydrogens (tertiary/aromatic N) is 2. The van der Waals surface area contributed by atoms with Gasteiger partial charge in [-0.1, -0.05) is 18.9 Å². The van der Waals surface area contributed by atoms with Crippen LogP contribution < -0.4 is 4.90 Å². The quantitative estimate of drug-likeness (QED) is 0.807. The maximum absolute atomic E-state index is 12.5. The molecule has 1 saturated carbocycles. The Labute approximate surface area is 98.5 Å². The Kier molecular flexibility index (Phi) is 3.26. The zero-order valence-electron chi connectivity index (χ0n) is 9.67. The molecule has 1 fully saturated rings. The van der Waals surface area contributed by atoms with Crippen molar-refractivity contribution in [2.75, 3.05) is 18.5 Å². The lowest BCUT2D eigenvalue weighted by molar-refractivity contribution is -0.141. The van der Waals surface area contributed by atoms with Crippen molar-refractivity contribution in [3.8, 4) is 0 Å². The van der Waals surface area contributed by atoms with Gasteiger partial charge in [0.05, 0.1) is 0 Å². The number of halogens is 3. The van der Waals surface area contributed by atoms with E-state index in [1.165, 1.54) is 18.9 Å². The van der Waals surface area contributed by atoms with Crippen LogP contribution in [0.2, 0.25) is 0 Å². The summed E-state index contributed by atoms with van der Waals surface area (Å²) in [5.74, 6) is 1.16.